The number of alkyl halides is 6. The highest BCUT2D eigenvalue weighted by Gasteiger charge is 2.43. The van der Waals surface area contributed by atoms with Crippen LogP contribution in [0.5, 0.6) is 0 Å². The van der Waals surface area contributed by atoms with E-state index in [0.717, 1.165) is 24.4 Å². The third kappa shape index (κ3) is 3.31. The predicted molar refractivity (Wildman–Crippen MR) is 67.3 cm³/mol. The quantitative estimate of drug-likeness (QED) is 0.575. The SMILES string of the molecule is FC(F)(F)c1ccc(C2OC2c2ccnc(C(F)(F)F)c2)cc1. The highest BCUT2D eigenvalue weighted by Crippen LogP contribution is 2.51. The van der Waals surface area contributed by atoms with Crippen LogP contribution in [0.1, 0.15) is 34.6 Å². The van der Waals surface area contributed by atoms with Crippen LogP contribution in [0.25, 0.3) is 0 Å². The van der Waals surface area contributed by atoms with E-state index in [1.54, 1.807) is 0 Å². The predicted octanol–water partition coefficient (Wildman–Crippen LogP) is 4.93. The summed E-state index contributed by atoms with van der Waals surface area (Å²) in [7, 11) is 0. The van der Waals surface area contributed by atoms with Gasteiger partial charge in [0.15, 0.2) is 0 Å². The van der Waals surface area contributed by atoms with Gasteiger partial charge in [-0.3, -0.25) is 4.98 Å². The molecule has 1 aliphatic rings. The Hall–Kier alpha value is -2.09. The summed E-state index contributed by atoms with van der Waals surface area (Å²) in [5, 5.41) is 0. The van der Waals surface area contributed by atoms with Crippen LogP contribution in [0.4, 0.5) is 26.3 Å². The fraction of sp³-hybridized carbons (Fsp3) is 0.267. The van der Waals surface area contributed by atoms with Crippen LogP contribution in [-0.2, 0) is 17.1 Å². The second kappa shape index (κ2) is 5.23. The Morgan fingerprint density at radius 3 is 1.96 bits per heavy atom. The lowest BCUT2D eigenvalue weighted by Crippen LogP contribution is -2.08. The van der Waals surface area contributed by atoms with Crippen LogP contribution < -0.4 is 0 Å². The summed E-state index contributed by atoms with van der Waals surface area (Å²) in [5.41, 5.74) is -1.05. The summed E-state index contributed by atoms with van der Waals surface area (Å²) in [6, 6.07) is 6.64. The Balaban J connectivity index is 1.77. The van der Waals surface area contributed by atoms with Crippen molar-refractivity contribution in [1.29, 1.82) is 0 Å². The van der Waals surface area contributed by atoms with E-state index in [9.17, 15) is 26.3 Å². The molecule has 1 saturated heterocycles. The minimum absolute atomic E-state index is 0.289. The normalized spacial score (nSPS) is 21.3. The van der Waals surface area contributed by atoms with Crippen LogP contribution in [0.15, 0.2) is 42.6 Å². The largest absolute Gasteiger partial charge is 0.433 e. The highest BCUT2D eigenvalue weighted by molar-refractivity contribution is 5.33. The molecule has 0 amide bonds. The zero-order chi connectivity index (χ0) is 16.8. The minimum atomic E-state index is -4.56. The molecule has 0 bridgehead atoms. The van der Waals surface area contributed by atoms with Gasteiger partial charge in [-0.05, 0) is 35.4 Å². The summed E-state index contributed by atoms with van der Waals surface area (Å²) < 4.78 is 80.6. The molecule has 0 spiro atoms. The van der Waals surface area contributed by atoms with Gasteiger partial charge in [-0.1, -0.05) is 12.1 Å². The van der Waals surface area contributed by atoms with Gasteiger partial charge in [0, 0.05) is 6.20 Å². The Morgan fingerprint density at radius 2 is 1.39 bits per heavy atom. The van der Waals surface area contributed by atoms with Gasteiger partial charge < -0.3 is 4.74 Å². The number of rotatable bonds is 2. The van der Waals surface area contributed by atoms with E-state index in [-0.39, 0.29) is 5.56 Å². The number of ether oxygens (including phenoxy) is 1. The minimum Gasteiger partial charge on any atom is -0.359 e. The average molecular weight is 333 g/mol. The summed E-state index contributed by atoms with van der Waals surface area (Å²) >= 11 is 0. The summed E-state index contributed by atoms with van der Waals surface area (Å²) in [5.74, 6) is 0. The molecule has 122 valence electrons. The standard InChI is InChI=1S/C15H9F6NO/c16-14(17,18)10-3-1-8(2-4-10)12-13(23-12)9-5-6-22-11(7-9)15(19,20)21/h1-7,12-13H. The van der Waals surface area contributed by atoms with Gasteiger partial charge in [0.2, 0.25) is 0 Å². The zero-order valence-corrected chi connectivity index (χ0v) is 11.3. The average Bonchev–Trinajstić information content (AvgIpc) is 3.26. The molecule has 8 heteroatoms. The molecule has 1 aromatic carbocycles. The fourth-order valence-electron chi connectivity index (χ4n) is 2.26. The van der Waals surface area contributed by atoms with Crippen molar-refractivity contribution in [2.75, 3.05) is 0 Å². The topological polar surface area (TPSA) is 25.4 Å². The van der Waals surface area contributed by atoms with E-state index in [1.807, 2.05) is 0 Å². The number of hydrogen-bond acceptors (Lipinski definition) is 2. The number of pyridine rings is 1. The molecule has 0 aliphatic carbocycles. The van der Waals surface area contributed by atoms with E-state index in [4.69, 9.17) is 4.74 Å². The number of hydrogen-bond donors (Lipinski definition) is 0. The molecule has 1 fully saturated rings. The first-order chi connectivity index (χ1) is 10.7. The maximum Gasteiger partial charge on any atom is 0.433 e. The summed E-state index contributed by atoms with van der Waals surface area (Å²) in [6.07, 6.45) is -9.13. The van der Waals surface area contributed by atoms with E-state index in [1.165, 1.54) is 18.2 Å². The molecular formula is C15H9F6NO. The van der Waals surface area contributed by atoms with Crippen LogP contribution in [-0.4, -0.2) is 4.98 Å². The molecule has 0 N–H and O–H groups in total. The smallest absolute Gasteiger partial charge is 0.359 e. The highest BCUT2D eigenvalue weighted by atomic mass is 19.4. The van der Waals surface area contributed by atoms with Gasteiger partial charge in [0.1, 0.15) is 17.9 Å². The first-order valence-electron chi connectivity index (χ1n) is 6.52. The number of halogens is 6. The molecule has 2 unspecified atom stereocenters. The van der Waals surface area contributed by atoms with Gasteiger partial charge in [-0.25, -0.2) is 0 Å². The summed E-state index contributed by atoms with van der Waals surface area (Å²) in [6.45, 7) is 0. The van der Waals surface area contributed by atoms with Gasteiger partial charge in [-0.15, -0.1) is 0 Å². The Kier molecular flexibility index (Phi) is 3.59. The monoisotopic (exact) mass is 333 g/mol. The van der Waals surface area contributed by atoms with Crippen LogP contribution in [0.2, 0.25) is 0 Å². The molecule has 1 aromatic heterocycles. The van der Waals surface area contributed by atoms with Gasteiger partial charge in [-0.2, -0.15) is 26.3 Å². The molecule has 2 nitrogen and oxygen atoms in total. The van der Waals surface area contributed by atoms with Crippen molar-refractivity contribution in [2.24, 2.45) is 0 Å². The van der Waals surface area contributed by atoms with Crippen LogP contribution in [0.3, 0.4) is 0 Å². The lowest BCUT2D eigenvalue weighted by atomic mass is 10.0. The Bertz CT molecular complexity index is 707. The molecule has 23 heavy (non-hydrogen) atoms. The van der Waals surface area contributed by atoms with E-state index in [2.05, 4.69) is 4.98 Å². The first-order valence-corrected chi connectivity index (χ1v) is 6.52. The molecular weight excluding hydrogens is 324 g/mol. The Morgan fingerprint density at radius 1 is 0.783 bits per heavy atom. The molecule has 2 heterocycles. The van der Waals surface area contributed by atoms with Crippen molar-refractivity contribution >= 4 is 0 Å². The fourth-order valence-corrected chi connectivity index (χ4v) is 2.26. The zero-order valence-electron chi connectivity index (χ0n) is 11.3. The van der Waals surface area contributed by atoms with Crippen LogP contribution in [0, 0.1) is 0 Å². The van der Waals surface area contributed by atoms with Gasteiger partial charge in [0.05, 0.1) is 5.56 Å². The van der Waals surface area contributed by atoms with Gasteiger partial charge in [0.25, 0.3) is 0 Å². The third-order valence-corrected chi connectivity index (χ3v) is 3.46. The van der Waals surface area contributed by atoms with Crippen molar-refractivity contribution in [3.05, 3.63) is 65.0 Å². The van der Waals surface area contributed by atoms with Crippen molar-refractivity contribution in [1.82, 2.24) is 4.98 Å². The molecule has 2 atom stereocenters. The number of aromatic nitrogens is 1. The maximum atomic E-state index is 12.6. The van der Waals surface area contributed by atoms with E-state index < -0.39 is 35.8 Å². The number of nitrogens with zero attached hydrogens (tertiary/aromatic N) is 1. The molecule has 0 saturated carbocycles. The van der Waals surface area contributed by atoms with E-state index >= 15 is 0 Å². The van der Waals surface area contributed by atoms with Gasteiger partial charge >= 0.3 is 12.4 Å². The molecule has 3 rings (SSSR count). The van der Waals surface area contributed by atoms with E-state index in [0.29, 0.717) is 5.56 Å². The second-order valence-electron chi connectivity index (χ2n) is 5.07. The summed E-state index contributed by atoms with van der Waals surface area (Å²) in [4.78, 5) is 3.25. The first kappa shape index (κ1) is 15.8. The third-order valence-electron chi connectivity index (χ3n) is 3.46. The van der Waals surface area contributed by atoms with Crippen molar-refractivity contribution in [2.45, 2.75) is 24.6 Å². The molecule has 2 aromatic rings. The Labute approximate surface area is 126 Å². The number of benzene rings is 1. The van der Waals surface area contributed by atoms with Crippen molar-refractivity contribution in [3.8, 4) is 0 Å². The maximum absolute atomic E-state index is 12.6. The second-order valence-corrected chi connectivity index (χ2v) is 5.07. The van der Waals surface area contributed by atoms with Crippen molar-refractivity contribution < 1.29 is 31.1 Å². The lowest BCUT2D eigenvalue weighted by molar-refractivity contribution is -0.141. The number of epoxide rings is 1. The lowest BCUT2D eigenvalue weighted by Gasteiger charge is -2.07. The molecule has 0 radical (unpaired) electrons. The van der Waals surface area contributed by atoms with Crippen LogP contribution >= 0.6 is 0 Å². The molecule has 1 aliphatic heterocycles. The van der Waals surface area contributed by atoms with Crippen molar-refractivity contribution in [3.63, 3.8) is 0 Å².